The molecule has 0 aromatic rings. The van der Waals surface area contributed by atoms with Crippen molar-refractivity contribution in [3.05, 3.63) is 11.6 Å². The van der Waals surface area contributed by atoms with Gasteiger partial charge in [-0.3, -0.25) is 9.59 Å². The molecule has 0 bridgehead atoms. The lowest BCUT2D eigenvalue weighted by atomic mass is 9.31. The van der Waals surface area contributed by atoms with Crippen molar-refractivity contribution in [3.63, 3.8) is 0 Å². The van der Waals surface area contributed by atoms with Crippen molar-refractivity contribution < 1.29 is 19.4 Å². The molecule has 4 saturated carbocycles. The monoisotopic (exact) mass is 456 g/mol. The van der Waals surface area contributed by atoms with Gasteiger partial charge in [0.2, 0.25) is 0 Å². The molecule has 33 heavy (non-hydrogen) atoms. The van der Waals surface area contributed by atoms with E-state index >= 15 is 0 Å². The molecule has 0 aliphatic heterocycles. The highest BCUT2D eigenvalue weighted by Gasteiger charge is 2.74. The number of esters is 1. The number of carbonyl (C=O) groups excluding carboxylic acids is 2. The summed E-state index contributed by atoms with van der Waals surface area (Å²) in [5.41, 5.74) is 1.27. The van der Waals surface area contributed by atoms with E-state index < -0.39 is 6.10 Å². The van der Waals surface area contributed by atoms with Crippen molar-refractivity contribution in [1.82, 2.24) is 0 Å². The van der Waals surface area contributed by atoms with Crippen molar-refractivity contribution >= 4 is 11.8 Å². The number of ketones is 1. The zero-order valence-corrected chi connectivity index (χ0v) is 21.6. The predicted octanol–water partition coefficient (Wildman–Crippen LogP) is 5.86. The summed E-state index contributed by atoms with van der Waals surface area (Å²) in [5, 5.41) is 10.9. The first-order valence-electron chi connectivity index (χ1n) is 13.5. The first kappa shape index (κ1) is 23.6. The van der Waals surface area contributed by atoms with Crippen LogP contribution >= 0.6 is 0 Å². The summed E-state index contributed by atoms with van der Waals surface area (Å²) in [7, 11) is 0. The van der Waals surface area contributed by atoms with Crippen LogP contribution in [0.3, 0.4) is 0 Å². The predicted molar refractivity (Wildman–Crippen MR) is 128 cm³/mol. The van der Waals surface area contributed by atoms with Crippen molar-refractivity contribution in [2.45, 2.75) is 112 Å². The maximum Gasteiger partial charge on any atom is 0.302 e. The first-order chi connectivity index (χ1) is 15.4. The van der Waals surface area contributed by atoms with Gasteiger partial charge in [-0.05, 0) is 91.4 Å². The molecule has 0 aromatic heterocycles. The summed E-state index contributed by atoms with van der Waals surface area (Å²) in [5.74, 6) is 1.21. The van der Waals surface area contributed by atoms with Gasteiger partial charge in [0, 0.05) is 18.3 Å². The Morgan fingerprint density at radius 2 is 1.76 bits per heavy atom. The van der Waals surface area contributed by atoms with E-state index in [2.05, 4.69) is 33.8 Å². The number of fused-ring (bicyclic) bond motifs is 4. The fourth-order valence-electron chi connectivity index (χ4n) is 10.7. The Labute approximate surface area is 199 Å². The van der Waals surface area contributed by atoms with Gasteiger partial charge < -0.3 is 9.84 Å². The molecule has 0 unspecified atom stereocenters. The smallest absolute Gasteiger partial charge is 0.302 e. The number of Topliss-reactive ketones (excluding diaryl/α,β-unsaturated/α-hetero) is 1. The molecule has 1 spiro atoms. The van der Waals surface area contributed by atoms with E-state index in [1.165, 1.54) is 45.4 Å². The highest BCUT2D eigenvalue weighted by atomic mass is 16.5. The van der Waals surface area contributed by atoms with E-state index in [1.807, 2.05) is 0 Å². The van der Waals surface area contributed by atoms with Crippen LogP contribution < -0.4 is 0 Å². The molecule has 184 valence electrons. The topological polar surface area (TPSA) is 63.6 Å². The highest BCUT2D eigenvalue weighted by Crippen LogP contribution is 2.76. The van der Waals surface area contributed by atoms with Gasteiger partial charge in [-0.1, -0.05) is 46.6 Å². The van der Waals surface area contributed by atoms with Gasteiger partial charge in [-0.15, -0.1) is 0 Å². The van der Waals surface area contributed by atoms with E-state index in [0.717, 1.165) is 18.4 Å². The zero-order valence-electron chi connectivity index (χ0n) is 21.6. The second kappa shape index (κ2) is 7.42. The van der Waals surface area contributed by atoms with Crippen LogP contribution in [0.15, 0.2) is 11.6 Å². The number of allylic oxidation sites excluding steroid dienone is 1. The third-order valence-electron chi connectivity index (χ3n) is 12.1. The second-order valence-corrected chi connectivity index (χ2v) is 13.2. The third kappa shape index (κ3) is 2.91. The van der Waals surface area contributed by atoms with Crippen LogP contribution in [0.4, 0.5) is 0 Å². The average molecular weight is 457 g/mol. The first-order valence-corrected chi connectivity index (χ1v) is 13.5. The molecule has 0 amide bonds. The van der Waals surface area contributed by atoms with Gasteiger partial charge in [0.1, 0.15) is 6.10 Å². The molecular weight excluding hydrogens is 412 g/mol. The molecule has 0 aromatic carbocycles. The Balaban J connectivity index is 1.63. The molecule has 4 heteroatoms. The van der Waals surface area contributed by atoms with Crippen LogP contribution in [0.5, 0.6) is 0 Å². The Morgan fingerprint density at radius 1 is 1.06 bits per heavy atom. The quantitative estimate of drug-likeness (QED) is 0.540. The van der Waals surface area contributed by atoms with E-state index in [0.29, 0.717) is 29.6 Å². The largest absolute Gasteiger partial charge is 0.462 e. The fourth-order valence-corrected chi connectivity index (χ4v) is 10.7. The Bertz CT molecular complexity index is 892. The maximum atomic E-state index is 12.6. The molecular formula is C29H44O4. The number of carbonyl (C=O) groups is 2. The second-order valence-electron chi connectivity index (χ2n) is 13.2. The average Bonchev–Trinajstić information content (AvgIpc) is 2.72. The number of hydrogen-bond acceptors (Lipinski definition) is 4. The normalized spacial score (nSPS) is 52.8. The Hall–Kier alpha value is -1.16. The van der Waals surface area contributed by atoms with E-state index in [1.54, 1.807) is 6.92 Å². The van der Waals surface area contributed by atoms with Crippen molar-refractivity contribution in [2.75, 3.05) is 0 Å². The minimum atomic E-state index is -0.508. The fraction of sp³-hybridized carbons (Fsp3) is 0.862. The number of hydrogen-bond donors (Lipinski definition) is 1. The van der Waals surface area contributed by atoms with Gasteiger partial charge in [-0.2, -0.15) is 0 Å². The summed E-state index contributed by atoms with van der Waals surface area (Å²) in [6, 6.07) is 0. The van der Waals surface area contributed by atoms with Crippen LogP contribution in [0.25, 0.3) is 0 Å². The molecule has 4 nitrogen and oxygen atoms in total. The third-order valence-corrected chi connectivity index (χ3v) is 12.1. The van der Waals surface area contributed by atoms with Crippen molar-refractivity contribution in [2.24, 2.45) is 45.3 Å². The number of rotatable bonds is 3. The van der Waals surface area contributed by atoms with Crippen LogP contribution in [0.2, 0.25) is 0 Å². The lowest BCUT2D eigenvalue weighted by molar-refractivity contribution is -0.287. The molecule has 0 radical (unpaired) electrons. The van der Waals surface area contributed by atoms with Crippen LogP contribution in [0.1, 0.15) is 99.3 Å². The standard InChI is InChI=1S/C29H44O4/c1-7-26(4)12-8-13-27(5)21(26)11-14-28(6)22-10-9-19(17(2)30)25-20(32)16-29(22,25)24(15-23(27)28)33-18(3)31/h9,20-25,32H,7-8,10-16H2,1-6H3/t20-,21-,22+,23+,24+,25-,26+,27+,28+,29-/m1/s1. The zero-order chi connectivity index (χ0) is 24.0. The summed E-state index contributed by atoms with van der Waals surface area (Å²) in [6.45, 7) is 13.1. The summed E-state index contributed by atoms with van der Waals surface area (Å²) >= 11 is 0. The molecule has 1 N–H and O–H groups in total. The van der Waals surface area contributed by atoms with Gasteiger partial charge in [-0.25, -0.2) is 0 Å². The molecule has 0 heterocycles. The number of aliphatic hydroxyl groups is 1. The minimum absolute atomic E-state index is 0.0621. The van der Waals surface area contributed by atoms with Gasteiger partial charge in [0.25, 0.3) is 0 Å². The van der Waals surface area contributed by atoms with Crippen molar-refractivity contribution in [3.8, 4) is 0 Å². The summed E-state index contributed by atoms with van der Waals surface area (Å²) in [6.07, 6.45) is 11.4. The maximum absolute atomic E-state index is 12.6. The molecule has 0 saturated heterocycles. The van der Waals surface area contributed by atoms with Crippen LogP contribution in [-0.4, -0.2) is 29.1 Å². The number of ether oxygens (including phenoxy) is 1. The van der Waals surface area contributed by atoms with Crippen LogP contribution in [0, 0.1) is 45.3 Å². The summed E-state index contributed by atoms with van der Waals surface area (Å²) < 4.78 is 6.17. The van der Waals surface area contributed by atoms with E-state index in [-0.39, 0.29) is 40.0 Å². The van der Waals surface area contributed by atoms with Gasteiger partial charge >= 0.3 is 5.97 Å². The van der Waals surface area contributed by atoms with E-state index in [9.17, 15) is 14.7 Å². The van der Waals surface area contributed by atoms with Gasteiger partial charge in [0.05, 0.1) is 6.10 Å². The van der Waals surface area contributed by atoms with Gasteiger partial charge in [0.15, 0.2) is 5.78 Å². The highest BCUT2D eigenvalue weighted by molar-refractivity contribution is 5.94. The molecule has 10 atom stereocenters. The van der Waals surface area contributed by atoms with Crippen LogP contribution in [-0.2, 0) is 14.3 Å². The SMILES string of the molecule is CC[C@@]1(C)CCC[C@]2(C)[C@@H]3C[C@H](OC(C)=O)[C@]45C[C@@H](O)[C@H]4C(C(C)=O)=CC[C@H]5[C@]3(C)CC[C@H]12. The van der Waals surface area contributed by atoms with Crippen molar-refractivity contribution in [1.29, 1.82) is 0 Å². The Morgan fingerprint density at radius 3 is 2.36 bits per heavy atom. The van der Waals surface area contributed by atoms with E-state index in [4.69, 9.17) is 4.74 Å². The lowest BCUT2D eigenvalue weighted by Gasteiger charge is -2.74. The molecule has 5 aliphatic rings. The summed E-state index contributed by atoms with van der Waals surface area (Å²) in [4.78, 5) is 24.9. The molecule has 5 rings (SSSR count). The lowest BCUT2D eigenvalue weighted by Crippen LogP contribution is -2.73. The number of aliphatic hydroxyl groups excluding tert-OH is 1. The Kier molecular flexibility index (Phi) is 5.30. The molecule has 5 aliphatic carbocycles. The minimum Gasteiger partial charge on any atom is -0.462 e. The molecule has 4 fully saturated rings.